The standard InChI is InChI=1S/C14H22N2O2/c1-3-4-9-16-14(17)12-5-7-13(8-6-12)18-11-10-15-2/h5-8,15H,3-4,9-11H2,1-2H3,(H,16,17). The fourth-order valence-electron chi connectivity index (χ4n) is 1.45. The highest BCUT2D eigenvalue weighted by Gasteiger charge is 2.04. The largest absolute Gasteiger partial charge is 0.492 e. The molecule has 0 aliphatic heterocycles. The van der Waals surface area contributed by atoms with E-state index in [0.717, 1.165) is 31.7 Å². The Hall–Kier alpha value is -1.55. The van der Waals surface area contributed by atoms with Crippen molar-refractivity contribution < 1.29 is 9.53 Å². The normalized spacial score (nSPS) is 10.1. The predicted octanol–water partition coefficient (Wildman–Crippen LogP) is 1.81. The third kappa shape index (κ3) is 5.19. The second-order valence-electron chi connectivity index (χ2n) is 4.09. The van der Waals surface area contributed by atoms with Crippen LogP contribution in [0.5, 0.6) is 5.75 Å². The number of hydrogen-bond acceptors (Lipinski definition) is 3. The van der Waals surface area contributed by atoms with Crippen molar-refractivity contribution in [1.29, 1.82) is 0 Å². The lowest BCUT2D eigenvalue weighted by molar-refractivity contribution is 0.0953. The van der Waals surface area contributed by atoms with Gasteiger partial charge in [0.05, 0.1) is 0 Å². The summed E-state index contributed by atoms with van der Waals surface area (Å²) in [5.74, 6) is 0.764. The molecular weight excluding hydrogens is 228 g/mol. The maximum absolute atomic E-state index is 11.7. The molecule has 2 N–H and O–H groups in total. The number of amides is 1. The SMILES string of the molecule is CCCCNC(=O)c1ccc(OCCNC)cc1. The van der Waals surface area contributed by atoms with Crippen LogP contribution >= 0.6 is 0 Å². The number of ether oxygens (including phenoxy) is 1. The number of likely N-dealkylation sites (N-methyl/N-ethyl adjacent to an activating group) is 1. The fraction of sp³-hybridized carbons (Fsp3) is 0.500. The molecule has 0 saturated heterocycles. The average Bonchev–Trinajstić information content (AvgIpc) is 2.40. The molecule has 0 unspecified atom stereocenters. The summed E-state index contributed by atoms with van der Waals surface area (Å²) in [6, 6.07) is 7.22. The number of unbranched alkanes of at least 4 members (excludes halogenated alkanes) is 1. The summed E-state index contributed by atoms with van der Waals surface area (Å²) in [5.41, 5.74) is 0.673. The maximum Gasteiger partial charge on any atom is 0.251 e. The van der Waals surface area contributed by atoms with Crippen LogP contribution in [0.4, 0.5) is 0 Å². The molecule has 0 heterocycles. The van der Waals surface area contributed by atoms with Crippen molar-refractivity contribution in [3.05, 3.63) is 29.8 Å². The molecule has 0 aliphatic carbocycles. The van der Waals surface area contributed by atoms with E-state index >= 15 is 0 Å². The van der Waals surface area contributed by atoms with E-state index < -0.39 is 0 Å². The van der Waals surface area contributed by atoms with Crippen molar-refractivity contribution in [2.75, 3.05) is 26.7 Å². The van der Waals surface area contributed by atoms with Crippen molar-refractivity contribution in [3.63, 3.8) is 0 Å². The van der Waals surface area contributed by atoms with Crippen molar-refractivity contribution in [1.82, 2.24) is 10.6 Å². The molecule has 18 heavy (non-hydrogen) atoms. The highest BCUT2D eigenvalue weighted by molar-refractivity contribution is 5.94. The van der Waals surface area contributed by atoms with Gasteiger partial charge in [-0.25, -0.2) is 0 Å². The molecule has 0 fully saturated rings. The van der Waals surface area contributed by atoms with Gasteiger partial charge in [-0.2, -0.15) is 0 Å². The molecule has 4 heteroatoms. The molecular formula is C14H22N2O2. The van der Waals surface area contributed by atoms with Gasteiger partial charge in [0.2, 0.25) is 0 Å². The molecule has 1 rings (SSSR count). The number of carbonyl (C=O) groups excluding carboxylic acids is 1. The van der Waals surface area contributed by atoms with Crippen molar-refractivity contribution >= 4 is 5.91 Å². The minimum atomic E-state index is -0.0229. The van der Waals surface area contributed by atoms with E-state index in [2.05, 4.69) is 17.6 Å². The Balaban J connectivity index is 2.41. The van der Waals surface area contributed by atoms with E-state index in [0.29, 0.717) is 12.2 Å². The molecule has 0 aromatic heterocycles. The van der Waals surface area contributed by atoms with Crippen LogP contribution in [0.1, 0.15) is 30.1 Å². The van der Waals surface area contributed by atoms with E-state index in [-0.39, 0.29) is 5.91 Å². The van der Waals surface area contributed by atoms with Crippen LogP contribution in [-0.2, 0) is 0 Å². The van der Waals surface area contributed by atoms with Gasteiger partial charge in [0, 0.05) is 18.7 Å². The molecule has 0 saturated carbocycles. The van der Waals surface area contributed by atoms with Crippen LogP contribution in [0.2, 0.25) is 0 Å². The number of hydrogen-bond donors (Lipinski definition) is 2. The van der Waals surface area contributed by atoms with E-state index in [9.17, 15) is 4.79 Å². The topological polar surface area (TPSA) is 50.4 Å². The molecule has 0 aliphatic rings. The molecule has 1 aromatic carbocycles. The van der Waals surface area contributed by atoms with Crippen molar-refractivity contribution in [2.45, 2.75) is 19.8 Å². The number of benzene rings is 1. The molecule has 0 spiro atoms. The highest BCUT2D eigenvalue weighted by Crippen LogP contribution is 2.11. The lowest BCUT2D eigenvalue weighted by Gasteiger charge is -2.07. The summed E-state index contributed by atoms with van der Waals surface area (Å²) >= 11 is 0. The minimum Gasteiger partial charge on any atom is -0.492 e. The van der Waals surface area contributed by atoms with Crippen LogP contribution in [0.3, 0.4) is 0 Å². The summed E-state index contributed by atoms with van der Waals surface area (Å²) in [7, 11) is 1.88. The van der Waals surface area contributed by atoms with E-state index in [1.165, 1.54) is 0 Å². The van der Waals surface area contributed by atoms with Crippen molar-refractivity contribution in [3.8, 4) is 5.75 Å². The highest BCUT2D eigenvalue weighted by atomic mass is 16.5. The lowest BCUT2D eigenvalue weighted by Crippen LogP contribution is -2.24. The molecule has 4 nitrogen and oxygen atoms in total. The van der Waals surface area contributed by atoms with Crippen LogP contribution in [-0.4, -0.2) is 32.7 Å². The summed E-state index contributed by atoms with van der Waals surface area (Å²) in [6.45, 7) is 4.26. The zero-order valence-corrected chi connectivity index (χ0v) is 11.2. The molecule has 1 aromatic rings. The predicted molar refractivity (Wildman–Crippen MR) is 73.1 cm³/mol. The quantitative estimate of drug-likeness (QED) is 0.692. The molecule has 0 bridgehead atoms. The summed E-state index contributed by atoms with van der Waals surface area (Å²) < 4.78 is 5.49. The molecule has 100 valence electrons. The summed E-state index contributed by atoms with van der Waals surface area (Å²) in [6.07, 6.45) is 2.09. The van der Waals surface area contributed by atoms with Gasteiger partial charge in [0.25, 0.3) is 5.91 Å². The number of carbonyl (C=O) groups is 1. The Bertz CT molecular complexity index is 349. The van der Waals surface area contributed by atoms with Gasteiger partial charge >= 0.3 is 0 Å². The Labute approximate surface area is 109 Å². The first kappa shape index (κ1) is 14.5. The number of rotatable bonds is 8. The smallest absolute Gasteiger partial charge is 0.251 e. The van der Waals surface area contributed by atoms with E-state index in [1.54, 1.807) is 12.1 Å². The summed E-state index contributed by atoms with van der Waals surface area (Å²) in [5, 5.41) is 5.89. The lowest BCUT2D eigenvalue weighted by atomic mass is 10.2. The van der Waals surface area contributed by atoms with E-state index in [1.807, 2.05) is 19.2 Å². The first-order chi connectivity index (χ1) is 8.77. The maximum atomic E-state index is 11.7. The zero-order chi connectivity index (χ0) is 13.2. The third-order valence-electron chi connectivity index (χ3n) is 2.55. The van der Waals surface area contributed by atoms with Crippen LogP contribution in [0, 0.1) is 0 Å². The first-order valence-corrected chi connectivity index (χ1v) is 6.43. The fourth-order valence-corrected chi connectivity index (χ4v) is 1.45. The summed E-state index contributed by atoms with van der Waals surface area (Å²) in [4.78, 5) is 11.7. The Morgan fingerprint density at radius 2 is 1.94 bits per heavy atom. The van der Waals surface area contributed by atoms with Gasteiger partial charge in [-0.1, -0.05) is 13.3 Å². The van der Waals surface area contributed by atoms with Gasteiger partial charge in [-0.15, -0.1) is 0 Å². The average molecular weight is 250 g/mol. The molecule has 0 atom stereocenters. The molecule has 0 radical (unpaired) electrons. The Morgan fingerprint density at radius 3 is 2.56 bits per heavy atom. The van der Waals surface area contributed by atoms with Crippen LogP contribution < -0.4 is 15.4 Å². The van der Waals surface area contributed by atoms with Crippen molar-refractivity contribution in [2.24, 2.45) is 0 Å². The molecule has 1 amide bonds. The van der Waals surface area contributed by atoms with Crippen LogP contribution in [0.15, 0.2) is 24.3 Å². The number of nitrogens with one attached hydrogen (secondary N) is 2. The Kier molecular flexibility index (Phi) is 6.87. The van der Waals surface area contributed by atoms with E-state index in [4.69, 9.17) is 4.74 Å². The second kappa shape index (κ2) is 8.53. The van der Waals surface area contributed by atoms with Gasteiger partial charge < -0.3 is 15.4 Å². The first-order valence-electron chi connectivity index (χ1n) is 6.43. The van der Waals surface area contributed by atoms with Crippen LogP contribution in [0.25, 0.3) is 0 Å². The Morgan fingerprint density at radius 1 is 1.22 bits per heavy atom. The van der Waals surface area contributed by atoms with Gasteiger partial charge in [-0.05, 0) is 37.7 Å². The van der Waals surface area contributed by atoms with Gasteiger partial charge in [0.1, 0.15) is 12.4 Å². The zero-order valence-electron chi connectivity index (χ0n) is 11.2. The van der Waals surface area contributed by atoms with Gasteiger partial charge in [-0.3, -0.25) is 4.79 Å². The third-order valence-corrected chi connectivity index (χ3v) is 2.55. The minimum absolute atomic E-state index is 0.0229. The second-order valence-corrected chi connectivity index (χ2v) is 4.09. The van der Waals surface area contributed by atoms with Gasteiger partial charge in [0.15, 0.2) is 0 Å². The monoisotopic (exact) mass is 250 g/mol.